The van der Waals surface area contributed by atoms with Gasteiger partial charge in [0, 0.05) is 21.8 Å². The molecule has 2 N–H and O–H groups in total. The maximum absolute atomic E-state index is 12.2. The molecule has 0 atom stereocenters. The zero-order valence-corrected chi connectivity index (χ0v) is 13.5. The summed E-state index contributed by atoms with van der Waals surface area (Å²) in [6, 6.07) is 7.31. The van der Waals surface area contributed by atoms with Crippen LogP contribution in [0.2, 0.25) is 0 Å². The fourth-order valence-corrected chi connectivity index (χ4v) is 2.89. The number of hydrogen-bond donors (Lipinski definition) is 2. The standard InChI is InChI=1S/C16H11BrN2O4/c1-8-12(17)3-4-13-15(8)11(16(21)18-13)7-9-6-10(20)2-5-14(9)19(22)23/h2-7,20H,1H3,(H,18,21). The number of carbonyl (C=O) groups excluding carboxylic acids is 1. The van der Waals surface area contributed by atoms with Gasteiger partial charge in [0.1, 0.15) is 5.75 Å². The largest absolute Gasteiger partial charge is 0.508 e. The van der Waals surface area contributed by atoms with Gasteiger partial charge < -0.3 is 10.4 Å². The smallest absolute Gasteiger partial charge is 0.276 e. The first-order valence-corrected chi connectivity index (χ1v) is 7.47. The van der Waals surface area contributed by atoms with Crippen LogP contribution in [0.25, 0.3) is 11.6 Å². The van der Waals surface area contributed by atoms with E-state index in [0.717, 1.165) is 10.0 Å². The van der Waals surface area contributed by atoms with Crippen molar-refractivity contribution < 1.29 is 14.8 Å². The number of nitrogens with zero attached hydrogens (tertiary/aromatic N) is 1. The summed E-state index contributed by atoms with van der Waals surface area (Å²) < 4.78 is 0.837. The Hall–Kier alpha value is -2.67. The molecule has 0 aromatic heterocycles. The topological polar surface area (TPSA) is 92.5 Å². The third kappa shape index (κ3) is 2.59. The molecule has 0 bridgehead atoms. The van der Waals surface area contributed by atoms with E-state index in [2.05, 4.69) is 21.2 Å². The molecule has 0 radical (unpaired) electrons. The van der Waals surface area contributed by atoms with Crippen molar-refractivity contribution in [3.05, 3.63) is 61.6 Å². The first kappa shape index (κ1) is 15.2. The van der Waals surface area contributed by atoms with E-state index in [0.29, 0.717) is 16.8 Å². The first-order valence-electron chi connectivity index (χ1n) is 6.68. The van der Waals surface area contributed by atoms with Crippen LogP contribution in [0.4, 0.5) is 11.4 Å². The minimum atomic E-state index is -0.548. The van der Waals surface area contributed by atoms with E-state index in [1.807, 2.05) is 13.0 Å². The Kier molecular flexibility index (Phi) is 3.65. The number of aromatic hydroxyl groups is 1. The number of fused-ring (bicyclic) bond motifs is 1. The lowest BCUT2D eigenvalue weighted by Crippen LogP contribution is -2.04. The molecule has 1 aliphatic rings. The molecule has 2 aromatic rings. The summed E-state index contributed by atoms with van der Waals surface area (Å²) in [5, 5.41) is 23.5. The highest BCUT2D eigenvalue weighted by Crippen LogP contribution is 2.39. The number of rotatable bonds is 2. The van der Waals surface area contributed by atoms with Gasteiger partial charge >= 0.3 is 0 Å². The molecule has 3 rings (SSSR count). The van der Waals surface area contributed by atoms with Gasteiger partial charge in [0.05, 0.1) is 16.1 Å². The molecule has 2 aromatic carbocycles. The van der Waals surface area contributed by atoms with Crippen molar-refractivity contribution in [3.63, 3.8) is 0 Å². The van der Waals surface area contributed by atoms with Gasteiger partial charge in [-0.1, -0.05) is 15.9 Å². The van der Waals surface area contributed by atoms with Crippen LogP contribution in [0.3, 0.4) is 0 Å². The summed E-state index contributed by atoms with van der Waals surface area (Å²) in [6.07, 6.45) is 1.43. The second kappa shape index (κ2) is 5.51. The van der Waals surface area contributed by atoms with Crippen molar-refractivity contribution in [1.29, 1.82) is 0 Å². The molecule has 0 spiro atoms. The zero-order valence-electron chi connectivity index (χ0n) is 12.0. The Bertz CT molecular complexity index is 890. The van der Waals surface area contributed by atoms with Gasteiger partial charge in [-0.15, -0.1) is 0 Å². The highest BCUT2D eigenvalue weighted by Gasteiger charge is 2.27. The summed E-state index contributed by atoms with van der Waals surface area (Å²) in [6.45, 7) is 1.86. The van der Waals surface area contributed by atoms with Gasteiger partial charge in [-0.25, -0.2) is 0 Å². The van der Waals surface area contributed by atoms with E-state index >= 15 is 0 Å². The molecule has 1 aliphatic heterocycles. The SMILES string of the molecule is Cc1c(Br)ccc2c1C(=Cc1cc(O)ccc1[N+](=O)[O-])C(=O)N2. The number of hydrogen-bond acceptors (Lipinski definition) is 4. The van der Waals surface area contributed by atoms with Gasteiger partial charge in [-0.3, -0.25) is 14.9 Å². The molecule has 23 heavy (non-hydrogen) atoms. The molecule has 1 amide bonds. The number of benzene rings is 2. The van der Waals surface area contributed by atoms with E-state index in [9.17, 15) is 20.0 Å². The van der Waals surface area contributed by atoms with Crippen molar-refractivity contribution >= 4 is 44.9 Å². The lowest BCUT2D eigenvalue weighted by atomic mass is 9.99. The van der Waals surface area contributed by atoms with Gasteiger partial charge in [-0.05, 0) is 42.8 Å². The molecular formula is C16H11BrN2O4. The van der Waals surface area contributed by atoms with Crippen molar-refractivity contribution in [2.75, 3.05) is 5.32 Å². The number of nitro benzene ring substituents is 1. The molecular weight excluding hydrogens is 364 g/mol. The van der Waals surface area contributed by atoms with Crippen LogP contribution in [0.1, 0.15) is 16.7 Å². The third-order valence-electron chi connectivity index (χ3n) is 3.67. The molecule has 7 heteroatoms. The average Bonchev–Trinajstić information content (AvgIpc) is 2.80. The second-order valence-corrected chi connectivity index (χ2v) is 5.96. The number of phenolic OH excluding ortho intramolecular Hbond substituents is 1. The van der Waals surface area contributed by atoms with Gasteiger partial charge in [0.15, 0.2) is 0 Å². The van der Waals surface area contributed by atoms with E-state index in [4.69, 9.17) is 0 Å². The number of nitro groups is 1. The fourth-order valence-electron chi connectivity index (χ4n) is 2.56. The van der Waals surface area contributed by atoms with E-state index in [1.54, 1.807) is 6.07 Å². The summed E-state index contributed by atoms with van der Waals surface area (Å²) in [5.74, 6) is -0.439. The molecule has 116 valence electrons. The van der Waals surface area contributed by atoms with Crippen LogP contribution < -0.4 is 5.32 Å². The lowest BCUT2D eigenvalue weighted by molar-refractivity contribution is -0.385. The first-order chi connectivity index (χ1) is 10.9. The number of halogens is 1. The molecule has 0 fully saturated rings. The maximum Gasteiger partial charge on any atom is 0.276 e. The van der Waals surface area contributed by atoms with Crippen LogP contribution in [0, 0.1) is 17.0 Å². The molecule has 0 saturated heterocycles. The van der Waals surface area contributed by atoms with Crippen molar-refractivity contribution in [2.24, 2.45) is 0 Å². The predicted octanol–water partition coefficient (Wildman–Crippen LogP) is 3.86. The molecule has 0 unspecified atom stereocenters. The Labute approximate surface area is 139 Å². The monoisotopic (exact) mass is 374 g/mol. The number of amides is 1. The van der Waals surface area contributed by atoms with E-state index < -0.39 is 4.92 Å². The lowest BCUT2D eigenvalue weighted by Gasteiger charge is -2.06. The third-order valence-corrected chi connectivity index (χ3v) is 4.53. The zero-order chi connectivity index (χ0) is 16.7. The van der Waals surface area contributed by atoms with Crippen LogP contribution in [-0.4, -0.2) is 15.9 Å². The van der Waals surface area contributed by atoms with Gasteiger partial charge in [0.25, 0.3) is 11.6 Å². The minimum Gasteiger partial charge on any atom is -0.508 e. The predicted molar refractivity (Wildman–Crippen MR) is 90.1 cm³/mol. The van der Waals surface area contributed by atoms with Crippen LogP contribution >= 0.6 is 15.9 Å². The van der Waals surface area contributed by atoms with E-state index in [-0.39, 0.29) is 22.9 Å². The maximum atomic E-state index is 12.2. The molecule has 0 aliphatic carbocycles. The van der Waals surface area contributed by atoms with Crippen LogP contribution in [-0.2, 0) is 4.79 Å². The summed E-state index contributed by atoms with van der Waals surface area (Å²) in [5.41, 5.74) is 2.53. The number of anilines is 1. The Morgan fingerprint density at radius 2 is 2.04 bits per heavy atom. The number of phenols is 1. The molecule has 6 nitrogen and oxygen atoms in total. The van der Waals surface area contributed by atoms with Gasteiger partial charge in [0.2, 0.25) is 0 Å². The number of carbonyl (C=O) groups is 1. The summed E-state index contributed by atoms with van der Waals surface area (Å²) in [4.78, 5) is 22.8. The quantitative estimate of drug-likeness (QED) is 0.474. The van der Waals surface area contributed by atoms with Crippen molar-refractivity contribution in [3.8, 4) is 5.75 Å². The Balaban J connectivity index is 2.23. The minimum absolute atomic E-state index is 0.105. The van der Waals surface area contributed by atoms with Crippen LogP contribution in [0.5, 0.6) is 5.75 Å². The highest BCUT2D eigenvalue weighted by atomic mass is 79.9. The van der Waals surface area contributed by atoms with Crippen LogP contribution in [0.15, 0.2) is 34.8 Å². The fraction of sp³-hybridized carbons (Fsp3) is 0.0625. The second-order valence-electron chi connectivity index (χ2n) is 5.11. The van der Waals surface area contributed by atoms with Gasteiger partial charge in [-0.2, -0.15) is 0 Å². The Morgan fingerprint density at radius 1 is 1.30 bits per heavy atom. The Morgan fingerprint density at radius 3 is 2.74 bits per heavy atom. The van der Waals surface area contributed by atoms with E-state index in [1.165, 1.54) is 24.3 Å². The normalized spacial score (nSPS) is 14.7. The highest BCUT2D eigenvalue weighted by molar-refractivity contribution is 9.10. The van der Waals surface area contributed by atoms with Crippen molar-refractivity contribution in [1.82, 2.24) is 0 Å². The summed E-state index contributed by atoms with van der Waals surface area (Å²) in [7, 11) is 0. The number of nitrogens with one attached hydrogen (secondary N) is 1. The summed E-state index contributed by atoms with van der Waals surface area (Å²) >= 11 is 3.42. The molecule has 0 saturated carbocycles. The average molecular weight is 375 g/mol. The van der Waals surface area contributed by atoms with Crippen molar-refractivity contribution in [2.45, 2.75) is 6.92 Å². The molecule has 1 heterocycles.